The quantitative estimate of drug-likeness (QED) is 0.512. The number of aliphatic hydroxyl groups excluding tert-OH is 1. The lowest BCUT2D eigenvalue weighted by molar-refractivity contribution is 0.158. The zero-order chi connectivity index (χ0) is 15.3. The minimum atomic E-state index is -0.693. The first kappa shape index (κ1) is 18.1. The van der Waals surface area contributed by atoms with Gasteiger partial charge < -0.3 is 5.11 Å². The molecule has 0 aliphatic rings. The molecule has 1 N–H and O–H groups in total. The van der Waals surface area contributed by atoms with Gasteiger partial charge in [-0.2, -0.15) is 0 Å². The number of hydrogen-bond acceptors (Lipinski definition) is 2. The van der Waals surface area contributed by atoms with Gasteiger partial charge in [0.2, 0.25) is 0 Å². The molecule has 1 rings (SSSR count). The van der Waals surface area contributed by atoms with E-state index in [1.807, 2.05) is 0 Å². The Bertz CT molecular complexity index is 370. The monoisotopic (exact) mass is 295 g/mol. The molecule has 1 atom stereocenters. The number of aliphatic hydroxyl groups is 1. The third kappa shape index (κ3) is 8.15. The molecule has 0 fully saturated rings. The maximum absolute atomic E-state index is 13.4. The number of rotatable bonds is 12. The maximum atomic E-state index is 13.4. The van der Waals surface area contributed by atoms with E-state index in [2.05, 4.69) is 11.9 Å². The van der Waals surface area contributed by atoms with Crippen LogP contribution in [0.1, 0.15) is 89.2 Å². The maximum Gasteiger partial charge on any atom is 0.147 e. The first-order valence-electron chi connectivity index (χ1n) is 8.53. The molecule has 2 nitrogen and oxygen atoms in total. The summed E-state index contributed by atoms with van der Waals surface area (Å²) in [5.41, 5.74) is 0.376. The zero-order valence-electron chi connectivity index (χ0n) is 13.4. The van der Waals surface area contributed by atoms with E-state index >= 15 is 0 Å². The predicted octanol–water partition coefficient (Wildman–Crippen LogP) is 5.57. The number of nitrogens with zero attached hydrogens (tertiary/aromatic N) is 1. The standard InChI is InChI=1S/C18H30FNO/c1-2-3-4-5-6-7-8-9-10-11-12-18(21)16-13-14-20-15-17(16)19/h13-15,18,21H,2-12H2,1H3. The molecule has 0 saturated heterocycles. The van der Waals surface area contributed by atoms with Crippen LogP contribution in [0.4, 0.5) is 4.39 Å². The fourth-order valence-electron chi connectivity index (χ4n) is 2.64. The second kappa shape index (κ2) is 11.7. The Balaban J connectivity index is 1.98. The Labute approximate surface area is 128 Å². The topological polar surface area (TPSA) is 33.1 Å². The highest BCUT2D eigenvalue weighted by Gasteiger charge is 2.11. The van der Waals surface area contributed by atoms with E-state index < -0.39 is 11.9 Å². The van der Waals surface area contributed by atoms with Crippen LogP contribution in [0.15, 0.2) is 18.5 Å². The van der Waals surface area contributed by atoms with Gasteiger partial charge in [0, 0.05) is 11.8 Å². The molecule has 120 valence electrons. The minimum Gasteiger partial charge on any atom is -0.388 e. The fourth-order valence-corrected chi connectivity index (χ4v) is 2.64. The van der Waals surface area contributed by atoms with Gasteiger partial charge in [-0.05, 0) is 12.5 Å². The van der Waals surface area contributed by atoms with Crippen molar-refractivity contribution in [3.63, 3.8) is 0 Å². The number of halogens is 1. The molecule has 0 aromatic carbocycles. The van der Waals surface area contributed by atoms with Crippen LogP contribution in [-0.2, 0) is 0 Å². The van der Waals surface area contributed by atoms with Crippen molar-refractivity contribution in [2.24, 2.45) is 0 Å². The van der Waals surface area contributed by atoms with Crippen molar-refractivity contribution in [1.82, 2.24) is 4.98 Å². The van der Waals surface area contributed by atoms with Gasteiger partial charge in [-0.3, -0.25) is 4.98 Å². The Hall–Kier alpha value is -0.960. The summed E-state index contributed by atoms with van der Waals surface area (Å²) in [6.07, 6.45) is 15.3. The average Bonchev–Trinajstić information content (AvgIpc) is 2.49. The van der Waals surface area contributed by atoms with Crippen molar-refractivity contribution >= 4 is 0 Å². The van der Waals surface area contributed by atoms with Crippen LogP contribution in [0.25, 0.3) is 0 Å². The van der Waals surface area contributed by atoms with Crippen LogP contribution < -0.4 is 0 Å². The lowest BCUT2D eigenvalue weighted by Crippen LogP contribution is -2.01. The SMILES string of the molecule is CCCCCCCCCCCCC(O)c1ccncc1F. The smallest absolute Gasteiger partial charge is 0.147 e. The molecule has 0 spiro atoms. The van der Waals surface area contributed by atoms with Gasteiger partial charge in [0.1, 0.15) is 5.82 Å². The van der Waals surface area contributed by atoms with E-state index in [1.165, 1.54) is 57.6 Å². The molecule has 1 heterocycles. The molecule has 1 aromatic heterocycles. The summed E-state index contributed by atoms with van der Waals surface area (Å²) in [5.74, 6) is -0.405. The Morgan fingerprint density at radius 3 is 2.14 bits per heavy atom. The van der Waals surface area contributed by atoms with Crippen molar-refractivity contribution in [2.75, 3.05) is 0 Å². The number of aromatic nitrogens is 1. The fraction of sp³-hybridized carbons (Fsp3) is 0.722. The summed E-state index contributed by atoms with van der Waals surface area (Å²) in [7, 11) is 0. The normalized spacial score (nSPS) is 12.5. The van der Waals surface area contributed by atoms with Gasteiger partial charge in [0.15, 0.2) is 0 Å². The van der Waals surface area contributed by atoms with E-state index in [4.69, 9.17) is 0 Å². The number of pyridine rings is 1. The Morgan fingerprint density at radius 2 is 1.57 bits per heavy atom. The van der Waals surface area contributed by atoms with Crippen molar-refractivity contribution in [2.45, 2.75) is 83.7 Å². The summed E-state index contributed by atoms with van der Waals surface area (Å²) < 4.78 is 13.4. The summed E-state index contributed by atoms with van der Waals surface area (Å²) in [4.78, 5) is 3.70. The molecule has 0 bridgehead atoms. The highest BCUT2D eigenvalue weighted by atomic mass is 19.1. The van der Waals surface area contributed by atoms with Gasteiger partial charge >= 0.3 is 0 Å². The van der Waals surface area contributed by atoms with Crippen molar-refractivity contribution in [3.05, 3.63) is 29.8 Å². The third-order valence-corrected chi connectivity index (χ3v) is 3.99. The minimum absolute atomic E-state index is 0.376. The second-order valence-corrected chi connectivity index (χ2v) is 5.88. The Morgan fingerprint density at radius 1 is 1.00 bits per heavy atom. The third-order valence-electron chi connectivity index (χ3n) is 3.99. The summed E-state index contributed by atoms with van der Waals surface area (Å²) in [5, 5.41) is 9.96. The first-order chi connectivity index (χ1) is 10.3. The van der Waals surface area contributed by atoms with E-state index in [9.17, 15) is 9.50 Å². The molecule has 0 radical (unpaired) electrons. The van der Waals surface area contributed by atoms with E-state index in [0.717, 1.165) is 19.0 Å². The van der Waals surface area contributed by atoms with E-state index in [-0.39, 0.29) is 0 Å². The van der Waals surface area contributed by atoms with Crippen molar-refractivity contribution in [1.29, 1.82) is 0 Å². The molecular weight excluding hydrogens is 265 g/mol. The van der Waals surface area contributed by atoms with Gasteiger partial charge in [-0.1, -0.05) is 71.1 Å². The highest BCUT2D eigenvalue weighted by Crippen LogP contribution is 2.22. The molecule has 3 heteroatoms. The van der Waals surface area contributed by atoms with Crippen LogP contribution >= 0.6 is 0 Å². The molecule has 0 saturated carbocycles. The van der Waals surface area contributed by atoms with Crippen molar-refractivity contribution in [3.8, 4) is 0 Å². The van der Waals surface area contributed by atoms with Crippen LogP contribution in [0.3, 0.4) is 0 Å². The molecule has 0 aliphatic heterocycles. The van der Waals surface area contributed by atoms with Crippen LogP contribution in [-0.4, -0.2) is 10.1 Å². The number of unbranched alkanes of at least 4 members (excludes halogenated alkanes) is 9. The largest absolute Gasteiger partial charge is 0.388 e. The van der Waals surface area contributed by atoms with Gasteiger partial charge in [-0.15, -0.1) is 0 Å². The zero-order valence-corrected chi connectivity index (χ0v) is 13.4. The Kier molecular flexibility index (Phi) is 10.1. The number of hydrogen-bond donors (Lipinski definition) is 1. The predicted molar refractivity (Wildman–Crippen MR) is 85.6 cm³/mol. The van der Waals surface area contributed by atoms with Crippen LogP contribution in [0, 0.1) is 5.82 Å². The molecule has 21 heavy (non-hydrogen) atoms. The van der Waals surface area contributed by atoms with Crippen molar-refractivity contribution < 1.29 is 9.50 Å². The summed E-state index contributed by atoms with van der Waals surface area (Å²) in [6, 6.07) is 1.57. The van der Waals surface area contributed by atoms with Crippen LogP contribution in [0.2, 0.25) is 0 Å². The average molecular weight is 295 g/mol. The lowest BCUT2D eigenvalue weighted by Gasteiger charge is -2.11. The first-order valence-corrected chi connectivity index (χ1v) is 8.53. The molecule has 0 aliphatic carbocycles. The van der Waals surface area contributed by atoms with E-state index in [1.54, 1.807) is 6.07 Å². The summed E-state index contributed by atoms with van der Waals surface area (Å²) in [6.45, 7) is 2.24. The lowest BCUT2D eigenvalue weighted by atomic mass is 10.0. The van der Waals surface area contributed by atoms with Gasteiger partial charge in [0.25, 0.3) is 0 Å². The van der Waals surface area contributed by atoms with Gasteiger partial charge in [0.05, 0.1) is 12.3 Å². The second-order valence-electron chi connectivity index (χ2n) is 5.88. The molecule has 1 aromatic rings. The van der Waals surface area contributed by atoms with Crippen LogP contribution in [0.5, 0.6) is 0 Å². The molecule has 0 amide bonds. The van der Waals surface area contributed by atoms with E-state index in [0.29, 0.717) is 12.0 Å². The summed E-state index contributed by atoms with van der Waals surface area (Å²) >= 11 is 0. The molecule has 1 unspecified atom stereocenters. The highest BCUT2D eigenvalue weighted by molar-refractivity contribution is 5.15. The van der Waals surface area contributed by atoms with Gasteiger partial charge in [-0.25, -0.2) is 4.39 Å². The molecular formula is C18H30FNO.